The summed E-state index contributed by atoms with van der Waals surface area (Å²) in [5.74, 6) is 0.500. The summed E-state index contributed by atoms with van der Waals surface area (Å²) in [4.78, 5) is 64.6. The summed E-state index contributed by atoms with van der Waals surface area (Å²) in [6.07, 6.45) is 4.30. The number of nitriles is 1. The number of pyridine rings is 1. The molecule has 0 spiro atoms. The van der Waals surface area contributed by atoms with E-state index in [-0.39, 0.29) is 56.2 Å². The molecule has 0 unspecified atom stereocenters. The Hall–Kier alpha value is -6.80. The molecule has 374 valence electrons. The molecule has 5 N–H and O–H groups in total. The van der Waals surface area contributed by atoms with Crippen LogP contribution in [-0.4, -0.2) is 105 Å². The summed E-state index contributed by atoms with van der Waals surface area (Å²) in [5, 5.41) is 32.5. The van der Waals surface area contributed by atoms with Crippen LogP contribution in [0.5, 0.6) is 5.75 Å². The van der Waals surface area contributed by atoms with Gasteiger partial charge in [-0.25, -0.2) is 9.97 Å². The van der Waals surface area contributed by atoms with Gasteiger partial charge in [0.15, 0.2) is 0 Å². The minimum atomic E-state index is -0.991. The lowest BCUT2D eigenvalue weighted by Crippen LogP contribution is -2.74. The van der Waals surface area contributed by atoms with E-state index in [2.05, 4.69) is 65.0 Å². The summed E-state index contributed by atoms with van der Waals surface area (Å²) < 4.78 is 14.0. The minimum Gasteiger partial charge on any atom is -0.489 e. The number of aryl methyl sites for hydroxylation is 1. The molecule has 3 aromatic carbocycles. The Morgan fingerprint density at radius 2 is 1.63 bits per heavy atom. The van der Waals surface area contributed by atoms with E-state index < -0.39 is 46.2 Å². The van der Waals surface area contributed by atoms with Gasteiger partial charge in [0.2, 0.25) is 17.7 Å². The first-order valence-electron chi connectivity index (χ1n) is 23.8. The summed E-state index contributed by atoms with van der Waals surface area (Å²) in [5.41, 5.74) is 2.94. The third-order valence-corrected chi connectivity index (χ3v) is 13.9. The van der Waals surface area contributed by atoms with Crippen molar-refractivity contribution in [3.8, 4) is 28.6 Å². The van der Waals surface area contributed by atoms with Crippen LogP contribution in [0.15, 0.2) is 97.5 Å². The van der Waals surface area contributed by atoms with E-state index >= 15 is 0 Å². The van der Waals surface area contributed by atoms with Gasteiger partial charge in [0, 0.05) is 77.9 Å². The van der Waals surface area contributed by atoms with Gasteiger partial charge in [0.25, 0.3) is 5.91 Å². The lowest BCUT2D eigenvalue weighted by molar-refractivity contribution is -0.164. The fourth-order valence-electron chi connectivity index (χ4n) is 10.0. The molecule has 0 bridgehead atoms. The van der Waals surface area contributed by atoms with Crippen molar-refractivity contribution in [3.05, 3.63) is 125 Å². The molecular weight excluding hydrogens is 922 g/mol. The van der Waals surface area contributed by atoms with Gasteiger partial charge in [-0.15, -0.1) is 0 Å². The van der Waals surface area contributed by atoms with Crippen molar-refractivity contribution in [3.63, 3.8) is 0 Å². The number of aliphatic hydroxyl groups is 1. The molecule has 1 saturated carbocycles. The van der Waals surface area contributed by atoms with Crippen molar-refractivity contribution in [2.75, 3.05) is 31.6 Å². The maximum atomic E-state index is 14.1. The first kappa shape index (κ1) is 52.0. The van der Waals surface area contributed by atoms with E-state index in [1.807, 2.05) is 93.9 Å². The average Bonchev–Trinajstić information content (AvgIpc) is 3.96. The first-order valence-corrected chi connectivity index (χ1v) is 24.2. The number of likely N-dealkylation sites (tertiary alicyclic amines) is 1. The van der Waals surface area contributed by atoms with Crippen LogP contribution in [0.2, 0.25) is 5.02 Å². The van der Waals surface area contributed by atoms with Crippen molar-refractivity contribution in [1.82, 2.24) is 35.4 Å². The van der Waals surface area contributed by atoms with Crippen LogP contribution >= 0.6 is 11.6 Å². The largest absolute Gasteiger partial charge is 0.489 e. The van der Waals surface area contributed by atoms with Crippen molar-refractivity contribution < 1.29 is 33.8 Å². The van der Waals surface area contributed by atoms with Gasteiger partial charge in [0.05, 0.1) is 29.3 Å². The first-order chi connectivity index (χ1) is 33.6. The molecule has 1 aliphatic carbocycles. The SMILES string of the molecule is Cc1nccn1-c1ccc([C@H](C)NC(=O)[C@@H]2C[C@@H](O)CN2C(=O)[C@@H](NC(=O)COCCNc2ccc(-c3ccc(C(=O)N[C@H]4C(C)(C)[C@H](Oc5ccc(C#N)c(Cl)c5)C4(C)C)cc3)cn2)C(C)(C)C)cc1. The Balaban J connectivity index is 0.847. The fourth-order valence-corrected chi connectivity index (χ4v) is 10.2. The van der Waals surface area contributed by atoms with Crippen molar-refractivity contribution in [2.45, 2.75) is 105 Å². The number of aliphatic hydroxyl groups excluding tert-OH is 1. The smallest absolute Gasteiger partial charge is 0.251 e. The van der Waals surface area contributed by atoms with E-state index in [0.29, 0.717) is 34.3 Å². The summed E-state index contributed by atoms with van der Waals surface area (Å²) in [6.45, 7) is 17.7. The molecule has 7 rings (SSSR count). The third kappa shape index (κ3) is 11.7. The van der Waals surface area contributed by atoms with Crippen LogP contribution in [0.25, 0.3) is 16.8 Å². The normalized spacial score (nSPS) is 19.9. The van der Waals surface area contributed by atoms with Gasteiger partial charge in [-0.1, -0.05) is 84.3 Å². The zero-order valence-electron chi connectivity index (χ0n) is 41.7. The van der Waals surface area contributed by atoms with Crippen molar-refractivity contribution in [1.29, 1.82) is 5.26 Å². The number of ether oxygens (including phenoxy) is 2. The van der Waals surface area contributed by atoms with Crippen LogP contribution in [0.4, 0.5) is 5.82 Å². The number of hydrogen-bond donors (Lipinski definition) is 5. The summed E-state index contributed by atoms with van der Waals surface area (Å²) >= 11 is 6.25. The Morgan fingerprint density at radius 1 is 0.944 bits per heavy atom. The Kier molecular flexibility index (Phi) is 15.6. The van der Waals surface area contributed by atoms with E-state index in [1.165, 1.54) is 4.90 Å². The molecule has 1 saturated heterocycles. The van der Waals surface area contributed by atoms with Gasteiger partial charge in [0.1, 0.15) is 48.3 Å². The van der Waals surface area contributed by atoms with Crippen LogP contribution in [-0.2, 0) is 19.1 Å². The number of nitrogens with one attached hydrogen (secondary N) is 4. The monoisotopic (exact) mass is 985 g/mol. The van der Waals surface area contributed by atoms with Crippen LogP contribution in [0.1, 0.15) is 95.2 Å². The lowest BCUT2D eigenvalue weighted by atomic mass is 9.49. The molecule has 4 amide bonds. The van der Waals surface area contributed by atoms with E-state index in [9.17, 15) is 29.5 Å². The van der Waals surface area contributed by atoms with Crippen molar-refractivity contribution >= 4 is 41.0 Å². The fraction of sp³-hybridized carbons (Fsp3) is 0.426. The predicted octanol–water partition coefficient (Wildman–Crippen LogP) is 7.18. The molecule has 0 radical (unpaired) electrons. The molecule has 3 heterocycles. The molecule has 2 aromatic heterocycles. The van der Waals surface area contributed by atoms with Gasteiger partial charge < -0.3 is 45.3 Å². The van der Waals surface area contributed by atoms with E-state index in [1.54, 1.807) is 42.7 Å². The minimum absolute atomic E-state index is 0.0356. The zero-order chi connectivity index (χ0) is 51.4. The highest BCUT2D eigenvalue weighted by Crippen LogP contribution is 2.55. The zero-order valence-corrected chi connectivity index (χ0v) is 42.5. The summed E-state index contributed by atoms with van der Waals surface area (Å²) in [7, 11) is 0. The number of halogens is 1. The Bertz CT molecular complexity index is 2750. The van der Waals surface area contributed by atoms with Gasteiger partial charge >= 0.3 is 0 Å². The topological polar surface area (TPSA) is 213 Å². The highest BCUT2D eigenvalue weighted by molar-refractivity contribution is 6.31. The third-order valence-electron chi connectivity index (χ3n) is 13.6. The molecule has 2 fully saturated rings. The molecule has 1 aliphatic heterocycles. The molecule has 71 heavy (non-hydrogen) atoms. The second kappa shape index (κ2) is 21.3. The number of amides is 4. The van der Waals surface area contributed by atoms with Crippen molar-refractivity contribution in [2.24, 2.45) is 16.2 Å². The number of aromatic nitrogens is 3. The molecule has 17 heteroatoms. The number of rotatable bonds is 17. The molecule has 2 aliphatic rings. The number of nitrogens with zero attached hydrogens (tertiary/aromatic N) is 5. The number of carbonyl (C=O) groups excluding carboxylic acids is 4. The molecule has 5 aromatic rings. The molecular formula is C54H64ClN9O7. The summed E-state index contributed by atoms with van der Waals surface area (Å²) in [6, 6.07) is 23.5. The van der Waals surface area contributed by atoms with E-state index in [0.717, 1.165) is 28.2 Å². The van der Waals surface area contributed by atoms with Crippen LogP contribution < -0.4 is 26.0 Å². The number of carbonyl (C=O) groups is 4. The standard InChI is InChI=1S/C54H64ClN9O7/c1-32(34-14-18-39(19-15-34)63-24-22-57-33(63)2)60-48(68)43-26-40(65)30-64(43)49(69)46(52(3,4)5)61-45(66)31-70-25-23-58-44-21-17-38(29-59-44)35-10-12-36(13-11-35)47(67)62-50-53(6,7)51(54(50,8)9)71-41-20-16-37(28-56)42(55)27-41/h10-22,24,27,29,32,40,43,46,50-51,65H,23,25-26,30-31H2,1-9H3,(H,58,59)(H,60,68)(H,61,66)(H,62,67)/t32-,40+,43-,46+,50-,51-/m0/s1. The maximum Gasteiger partial charge on any atom is 0.251 e. The molecule has 4 atom stereocenters. The predicted molar refractivity (Wildman–Crippen MR) is 271 cm³/mol. The lowest BCUT2D eigenvalue weighted by Gasteiger charge is -2.63. The van der Waals surface area contributed by atoms with Gasteiger partial charge in [-0.2, -0.15) is 5.26 Å². The number of β-amino-alcohol motifs (C(OH)–C–C–N with tert-alkyl or cyclic N) is 1. The number of hydrogen-bond acceptors (Lipinski definition) is 11. The number of benzene rings is 3. The number of imidazole rings is 1. The van der Waals surface area contributed by atoms with Gasteiger partial charge in [-0.05, 0) is 78.9 Å². The van der Waals surface area contributed by atoms with Crippen LogP contribution in [0, 0.1) is 34.5 Å². The quantitative estimate of drug-likeness (QED) is 0.0589. The number of anilines is 1. The Morgan fingerprint density at radius 3 is 2.24 bits per heavy atom. The molecule has 16 nitrogen and oxygen atoms in total. The highest BCUT2D eigenvalue weighted by atomic mass is 35.5. The maximum absolute atomic E-state index is 14.1. The highest BCUT2D eigenvalue weighted by Gasteiger charge is 2.64. The van der Waals surface area contributed by atoms with Crippen LogP contribution in [0.3, 0.4) is 0 Å². The van der Waals surface area contributed by atoms with Gasteiger partial charge in [-0.3, -0.25) is 19.2 Å². The Labute approximate surface area is 420 Å². The van der Waals surface area contributed by atoms with E-state index in [4.69, 9.17) is 21.1 Å². The second-order valence-corrected chi connectivity index (χ2v) is 21.1. The second-order valence-electron chi connectivity index (χ2n) is 20.7. The average molecular weight is 987 g/mol.